The fourth-order valence-corrected chi connectivity index (χ4v) is 3.74. The smallest absolute Gasteiger partial charge is 0.0959 e. The summed E-state index contributed by atoms with van der Waals surface area (Å²) in [6, 6.07) is 18.7. The minimum absolute atomic E-state index is 0.625. The van der Waals surface area contributed by atoms with Gasteiger partial charge in [-0.25, -0.2) is 4.98 Å². The summed E-state index contributed by atoms with van der Waals surface area (Å²) in [7, 11) is 0. The fourth-order valence-electron chi connectivity index (χ4n) is 3.74. The first-order valence-corrected chi connectivity index (χ1v) is 9.10. The molecule has 0 atom stereocenters. The number of aliphatic hydroxyl groups is 1. The van der Waals surface area contributed by atoms with Crippen LogP contribution in [0.4, 0.5) is 0 Å². The van der Waals surface area contributed by atoms with Gasteiger partial charge < -0.3 is 14.6 Å². The van der Waals surface area contributed by atoms with Crippen LogP contribution in [0.2, 0.25) is 0 Å². The van der Waals surface area contributed by atoms with Gasteiger partial charge in [-0.2, -0.15) is 0 Å². The lowest BCUT2D eigenvalue weighted by Crippen LogP contribution is -2.47. The summed E-state index contributed by atoms with van der Waals surface area (Å²) >= 11 is 0. The summed E-state index contributed by atoms with van der Waals surface area (Å²) in [6.45, 7) is 3.60. The third-order valence-electron chi connectivity index (χ3n) is 5.34. The number of para-hydroxylation sites is 2. The van der Waals surface area contributed by atoms with Crippen molar-refractivity contribution in [2.75, 3.05) is 19.6 Å². The molecule has 4 rings (SSSR count). The molecule has 1 aliphatic rings. The molecule has 130 valence electrons. The van der Waals surface area contributed by atoms with Crippen LogP contribution in [0.1, 0.15) is 18.4 Å². The first-order chi connectivity index (χ1) is 12.2. The van der Waals surface area contributed by atoms with E-state index in [2.05, 4.69) is 50.8 Å². The van der Waals surface area contributed by atoms with E-state index in [-0.39, 0.29) is 0 Å². The average Bonchev–Trinajstić information content (AvgIpc) is 3.05. The highest BCUT2D eigenvalue weighted by atomic mass is 16.3. The van der Waals surface area contributed by atoms with E-state index < -0.39 is 5.60 Å². The number of imidazole rings is 1. The van der Waals surface area contributed by atoms with Crippen LogP contribution in [0.25, 0.3) is 11.0 Å². The zero-order valence-corrected chi connectivity index (χ0v) is 14.5. The summed E-state index contributed by atoms with van der Waals surface area (Å²) in [5, 5.41) is 11.0. The van der Waals surface area contributed by atoms with Gasteiger partial charge in [0.25, 0.3) is 0 Å². The molecule has 2 aromatic carbocycles. The Balaban J connectivity index is 1.34. The average molecular weight is 335 g/mol. The van der Waals surface area contributed by atoms with Crippen LogP contribution in [-0.4, -0.2) is 44.8 Å². The van der Waals surface area contributed by atoms with Gasteiger partial charge in [0.1, 0.15) is 0 Å². The first kappa shape index (κ1) is 16.3. The third-order valence-corrected chi connectivity index (χ3v) is 5.34. The van der Waals surface area contributed by atoms with E-state index >= 15 is 0 Å². The number of hydrogen-bond donors (Lipinski definition) is 1. The lowest BCUT2D eigenvalue weighted by molar-refractivity contribution is -0.0330. The molecule has 1 aromatic heterocycles. The molecule has 0 spiro atoms. The first-order valence-electron chi connectivity index (χ1n) is 9.10. The molecule has 1 aliphatic heterocycles. The number of aromatic nitrogens is 2. The van der Waals surface area contributed by atoms with Crippen molar-refractivity contribution in [2.24, 2.45) is 0 Å². The van der Waals surface area contributed by atoms with Crippen LogP contribution in [0.3, 0.4) is 0 Å². The highest BCUT2D eigenvalue weighted by molar-refractivity contribution is 5.74. The Bertz CT molecular complexity index is 819. The molecule has 0 saturated carbocycles. The number of piperidine rings is 1. The lowest BCUT2D eigenvalue weighted by Gasteiger charge is -2.38. The van der Waals surface area contributed by atoms with Gasteiger partial charge in [0, 0.05) is 19.6 Å². The summed E-state index contributed by atoms with van der Waals surface area (Å²) < 4.78 is 2.09. The SMILES string of the molecule is OC1(Cn2cnc3ccccc32)CCN(CCc2ccccc2)CC1. The highest BCUT2D eigenvalue weighted by Crippen LogP contribution is 2.26. The third kappa shape index (κ3) is 3.75. The van der Waals surface area contributed by atoms with Crippen molar-refractivity contribution < 1.29 is 5.11 Å². The summed E-state index contributed by atoms with van der Waals surface area (Å²) in [5.74, 6) is 0. The minimum Gasteiger partial charge on any atom is -0.388 e. The van der Waals surface area contributed by atoms with Crippen LogP contribution in [0, 0.1) is 0 Å². The lowest BCUT2D eigenvalue weighted by atomic mass is 9.91. The second kappa shape index (κ2) is 6.98. The van der Waals surface area contributed by atoms with Gasteiger partial charge in [-0.1, -0.05) is 42.5 Å². The molecule has 4 nitrogen and oxygen atoms in total. The van der Waals surface area contributed by atoms with Crippen molar-refractivity contribution >= 4 is 11.0 Å². The molecule has 1 fully saturated rings. The quantitative estimate of drug-likeness (QED) is 0.779. The molecule has 1 saturated heterocycles. The van der Waals surface area contributed by atoms with E-state index in [1.807, 2.05) is 24.5 Å². The van der Waals surface area contributed by atoms with E-state index in [9.17, 15) is 5.11 Å². The van der Waals surface area contributed by atoms with Crippen LogP contribution in [0.5, 0.6) is 0 Å². The van der Waals surface area contributed by atoms with Crippen molar-refractivity contribution in [2.45, 2.75) is 31.4 Å². The second-order valence-electron chi connectivity index (χ2n) is 7.16. The van der Waals surface area contributed by atoms with Crippen molar-refractivity contribution in [1.82, 2.24) is 14.5 Å². The molecule has 0 unspecified atom stereocenters. The van der Waals surface area contributed by atoms with Gasteiger partial charge in [0.05, 0.1) is 29.5 Å². The maximum absolute atomic E-state index is 11.0. The predicted octanol–water partition coefficient (Wildman–Crippen LogP) is 3.11. The summed E-state index contributed by atoms with van der Waals surface area (Å²) in [4.78, 5) is 6.90. The molecule has 0 radical (unpaired) electrons. The Morgan fingerprint density at radius 2 is 1.68 bits per heavy atom. The normalized spacial score (nSPS) is 17.8. The van der Waals surface area contributed by atoms with Gasteiger partial charge in [-0.3, -0.25) is 0 Å². The monoisotopic (exact) mass is 335 g/mol. The van der Waals surface area contributed by atoms with E-state index in [0.29, 0.717) is 6.54 Å². The Hall–Kier alpha value is -2.17. The van der Waals surface area contributed by atoms with Gasteiger partial charge in [-0.05, 0) is 37.0 Å². The highest BCUT2D eigenvalue weighted by Gasteiger charge is 2.32. The number of fused-ring (bicyclic) bond motifs is 1. The van der Waals surface area contributed by atoms with Gasteiger partial charge in [0.15, 0.2) is 0 Å². The Morgan fingerprint density at radius 3 is 2.48 bits per heavy atom. The number of nitrogens with zero attached hydrogens (tertiary/aromatic N) is 3. The molecule has 3 aromatic rings. The standard InChI is InChI=1S/C21H25N3O/c25-21(16-24-17-22-19-8-4-5-9-20(19)24)11-14-23(15-12-21)13-10-18-6-2-1-3-7-18/h1-9,17,25H,10-16H2. The number of benzene rings is 2. The fraction of sp³-hybridized carbons (Fsp3) is 0.381. The Labute approximate surface area is 148 Å². The van der Waals surface area contributed by atoms with Gasteiger partial charge in [0.2, 0.25) is 0 Å². The second-order valence-corrected chi connectivity index (χ2v) is 7.16. The summed E-state index contributed by atoms with van der Waals surface area (Å²) in [6.07, 6.45) is 4.55. The zero-order valence-electron chi connectivity index (χ0n) is 14.5. The van der Waals surface area contributed by atoms with Crippen LogP contribution in [-0.2, 0) is 13.0 Å². The molecular formula is C21H25N3O. The van der Waals surface area contributed by atoms with E-state index in [0.717, 1.165) is 49.9 Å². The van der Waals surface area contributed by atoms with E-state index in [1.54, 1.807) is 0 Å². The topological polar surface area (TPSA) is 41.3 Å². The molecule has 4 heteroatoms. The van der Waals surface area contributed by atoms with Crippen molar-refractivity contribution in [3.8, 4) is 0 Å². The number of likely N-dealkylation sites (tertiary alicyclic amines) is 1. The number of rotatable bonds is 5. The molecule has 0 bridgehead atoms. The Morgan fingerprint density at radius 1 is 0.960 bits per heavy atom. The van der Waals surface area contributed by atoms with Crippen molar-refractivity contribution in [3.63, 3.8) is 0 Å². The molecule has 0 amide bonds. The number of hydrogen-bond acceptors (Lipinski definition) is 3. The van der Waals surface area contributed by atoms with E-state index in [4.69, 9.17) is 0 Å². The van der Waals surface area contributed by atoms with Crippen molar-refractivity contribution in [1.29, 1.82) is 0 Å². The zero-order chi connectivity index (χ0) is 17.1. The Kier molecular flexibility index (Phi) is 4.55. The van der Waals surface area contributed by atoms with E-state index in [1.165, 1.54) is 5.56 Å². The largest absolute Gasteiger partial charge is 0.388 e. The predicted molar refractivity (Wildman–Crippen MR) is 101 cm³/mol. The van der Waals surface area contributed by atoms with Crippen molar-refractivity contribution in [3.05, 3.63) is 66.5 Å². The van der Waals surface area contributed by atoms with Crippen LogP contribution < -0.4 is 0 Å². The molecule has 25 heavy (non-hydrogen) atoms. The van der Waals surface area contributed by atoms with Gasteiger partial charge in [-0.15, -0.1) is 0 Å². The maximum Gasteiger partial charge on any atom is 0.0959 e. The van der Waals surface area contributed by atoms with Crippen LogP contribution in [0.15, 0.2) is 60.9 Å². The summed E-state index contributed by atoms with van der Waals surface area (Å²) in [5.41, 5.74) is 2.84. The molecule has 0 aliphatic carbocycles. The molecule has 2 heterocycles. The van der Waals surface area contributed by atoms with Crippen LogP contribution >= 0.6 is 0 Å². The van der Waals surface area contributed by atoms with Gasteiger partial charge >= 0.3 is 0 Å². The minimum atomic E-state index is -0.632. The molecular weight excluding hydrogens is 310 g/mol. The molecule has 1 N–H and O–H groups in total. The maximum atomic E-state index is 11.0.